The number of rotatable bonds is 4. The van der Waals surface area contributed by atoms with E-state index in [4.69, 9.17) is 0 Å². The molecule has 0 saturated carbocycles. The fourth-order valence-electron chi connectivity index (χ4n) is 3.81. The highest BCUT2D eigenvalue weighted by Crippen LogP contribution is 2.21. The van der Waals surface area contributed by atoms with Crippen molar-refractivity contribution in [3.8, 4) is 0 Å². The highest BCUT2D eigenvalue weighted by Gasteiger charge is 2.25. The summed E-state index contributed by atoms with van der Waals surface area (Å²) in [7, 11) is 1.93. The molecule has 7 heteroatoms. The molecule has 0 bridgehead atoms. The Kier molecular flexibility index (Phi) is 6.44. The van der Waals surface area contributed by atoms with Crippen molar-refractivity contribution in [2.45, 2.75) is 6.42 Å². The lowest BCUT2D eigenvalue weighted by atomic mass is 10.2. The molecule has 0 radical (unpaired) electrons. The Hall–Kier alpha value is -3.74. The van der Waals surface area contributed by atoms with E-state index in [1.165, 1.54) is 12.1 Å². The van der Waals surface area contributed by atoms with Gasteiger partial charge in [0.05, 0.1) is 11.1 Å². The van der Waals surface area contributed by atoms with Gasteiger partial charge in [-0.1, -0.05) is 30.3 Å². The van der Waals surface area contributed by atoms with Crippen molar-refractivity contribution in [2.75, 3.05) is 38.1 Å². The summed E-state index contributed by atoms with van der Waals surface area (Å²) in [6.45, 7) is 1.77. The Morgan fingerprint density at radius 3 is 2.16 bits per heavy atom. The van der Waals surface area contributed by atoms with Crippen molar-refractivity contribution in [3.63, 3.8) is 0 Å². The van der Waals surface area contributed by atoms with Crippen molar-refractivity contribution in [1.29, 1.82) is 0 Å². The van der Waals surface area contributed by atoms with E-state index in [9.17, 15) is 14.0 Å². The second-order valence-electron chi connectivity index (χ2n) is 7.72. The van der Waals surface area contributed by atoms with Gasteiger partial charge in [-0.3, -0.25) is 9.59 Å². The summed E-state index contributed by atoms with van der Waals surface area (Å²) < 4.78 is 14.0. The first-order chi connectivity index (χ1) is 15.5. The molecule has 1 saturated heterocycles. The molecule has 1 aliphatic heterocycles. The van der Waals surface area contributed by atoms with Gasteiger partial charge in [0, 0.05) is 45.1 Å². The molecule has 1 aliphatic rings. The number of pyridine rings is 1. The van der Waals surface area contributed by atoms with Crippen LogP contribution >= 0.6 is 0 Å². The third-order valence-electron chi connectivity index (χ3n) is 5.66. The van der Waals surface area contributed by atoms with Gasteiger partial charge in [0.25, 0.3) is 11.8 Å². The van der Waals surface area contributed by atoms with Gasteiger partial charge in [-0.15, -0.1) is 0 Å². The number of hydrogen-bond donors (Lipinski definition) is 0. The molecule has 0 unspecified atom stereocenters. The van der Waals surface area contributed by atoms with Crippen molar-refractivity contribution < 1.29 is 14.0 Å². The average Bonchev–Trinajstić information content (AvgIpc) is 3.10. The summed E-state index contributed by atoms with van der Waals surface area (Å²) in [5, 5.41) is 0. The van der Waals surface area contributed by atoms with Gasteiger partial charge in [-0.2, -0.15) is 0 Å². The van der Waals surface area contributed by atoms with E-state index >= 15 is 0 Å². The highest BCUT2D eigenvalue weighted by molar-refractivity contribution is 5.95. The Morgan fingerprint density at radius 2 is 1.50 bits per heavy atom. The largest absolute Gasteiger partial charge is 0.337 e. The number of anilines is 2. The summed E-state index contributed by atoms with van der Waals surface area (Å²) in [5.41, 5.74) is 1.57. The third kappa shape index (κ3) is 4.61. The van der Waals surface area contributed by atoms with Gasteiger partial charge in [0.15, 0.2) is 0 Å². The van der Waals surface area contributed by atoms with Crippen LogP contribution < -0.4 is 4.90 Å². The number of aromatic nitrogens is 1. The molecule has 2 heterocycles. The van der Waals surface area contributed by atoms with Crippen molar-refractivity contribution >= 4 is 23.3 Å². The zero-order valence-electron chi connectivity index (χ0n) is 17.9. The minimum absolute atomic E-state index is 0.0644. The van der Waals surface area contributed by atoms with Crippen LogP contribution in [-0.2, 0) is 0 Å². The first-order valence-corrected chi connectivity index (χ1v) is 10.6. The highest BCUT2D eigenvalue weighted by atomic mass is 19.1. The second kappa shape index (κ2) is 9.60. The molecule has 2 aromatic carbocycles. The number of para-hydroxylation sites is 1. The van der Waals surface area contributed by atoms with Gasteiger partial charge in [-0.25, -0.2) is 9.37 Å². The molecular weight excluding hydrogens is 407 g/mol. The Morgan fingerprint density at radius 1 is 0.844 bits per heavy atom. The number of benzene rings is 2. The SMILES string of the molecule is CN(c1ccccc1)c1ccc(C(=O)N2CCCN(C(=O)c3ccccc3F)CC2)cn1. The molecule has 0 spiro atoms. The lowest BCUT2D eigenvalue weighted by Gasteiger charge is -2.23. The summed E-state index contributed by atoms with van der Waals surface area (Å²) in [6.07, 6.45) is 2.22. The minimum Gasteiger partial charge on any atom is -0.337 e. The summed E-state index contributed by atoms with van der Waals surface area (Å²) in [5.74, 6) is -0.245. The molecule has 1 aromatic heterocycles. The van der Waals surface area contributed by atoms with Gasteiger partial charge < -0.3 is 14.7 Å². The maximum atomic E-state index is 14.0. The van der Waals surface area contributed by atoms with E-state index in [1.54, 1.807) is 34.2 Å². The normalized spacial score (nSPS) is 14.1. The van der Waals surface area contributed by atoms with Gasteiger partial charge in [-0.05, 0) is 42.8 Å². The van der Waals surface area contributed by atoms with Crippen LogP contribution in [0.1, 0.15) is 27.1 Å². The molecule has 3 aromatic rings. The average molecular weight is 432 g/mol. The number of halogens is 1. The zero-order chi connectivity index (χ0) is 22.5. The second-order valence-corrected chi connectivity index (χ2v) is 7.72. The maximum Gasteiger partial charge on any atom is 0.256 e. The zero-order valence-corrected chi connectivity index (χ0v) is 17.9. The molecule has 6 nitrogen and oxygen atoms in total. The van der Waals surface area contributed by atoms with Crippen LogP contribution in [0.25, 0.3) is 0 Å². The Labute approximate surface area is 186 Å². The molecule has 0 aliphatic carbocycles. The van der Waals surface area contributed by atoms with Crippen LogP contribution in [0.4, 0.5) is 15.9 Å². The summed E-state index contributed by atoms with van der Waals surface area (Å²) in [6, 6.07) is 19.5. The Bertz CT molecular complexity index is 1090. The summed E-state index contributed by atoms with van der Waals surface area (Å²) in [4.78, 5) is 35.5. The van der Waals surface area contributed by atoms with Crippen molar-refractivity contribution in [3.05, 3.63) is 89.9 Å². The molecular formula is C25H25FN4O2. The Balaban J connectivity index is 1.41. The number of carbonyl (C=O) groups excluding carboxylic acids is 2. The molecule has 0 atom stereocenters. The van der Waals surface area contributed by atoms with E-state index in [1.807, 2.05) is 48.3 Å². The first kappa shape index (κ1) is 21.5. The third-order valence-corrected chi connectivity index (χ3v) is 5.66. The van der Waals surface area contributed by atoms with Crippen LogP contribution in [0.3, 0.4) is 0 Å². The topological polar surface area (TPSA) is 56.8 Å². The minimum atomic E-state index is -0.527. The van der Waals surface area contributed by atoms with Gasteiger partial charge in [0.1, 0.15) is 11.6 Å². The smallest absolute Gasteiger partial charge is 0.256 e. The van der Waals surface area contributed by atoms with Gasteiger partial charge >= 0.3 is 0 Å². The lowest BCUT2D eigenvalue weighted by molar-refractivity contribution is 0.0716. The lowest BCUT2D eigenvalue weighted by Crippen LogP contribution is -2.37. The van der Waals surface area contributed by atoms with Crippen molar-refractivity contribution in [1.82, 2.24) is 14.8 Å². The first-order valence-electron chi connectivity index (χ1n) is 10.6. The van der Waals surface area contributed by atoms with Crippen LogP contribution in [0.15, 0.2) is 72.9 Å². The van der Waals surface area contributed by atoms with E-state index in [0.717, 1.165) is 11.5 Å². The molecule has 32 heavy (non-hydrogen) atoms. The van der Waals surface area contributed by atoms with Crippen molar-refractivity contribution in [2.24, 2.45) is 0 Å². The number of carbonyl (C=O) groups is 2. The number of amides is 2. The summed E-state index contributed by atoms with van der Waals surface area (Å²) >= 11 is 0. The maximum absolute atomic E-state index is 14.0. The molecule has 1 fully saturated rings. The quantitative estimate of drug-likeness (QED) is 0.626. The molecule has 0 N–H and O–H groups in total. The van der Waals surface area contributed by atoms with Crippen LogP contribution in [0.2, 0.25) is 0 Å². The van der Waals surface area contributed by atoms with Crippen LogP contribution in [-0.4, -0.2) is 59.8 Å². The van der Waals surface area contributed by atoms with Gasteiger partial charge in [0.2, 0.25) is 0 Å². The monoisotopic (exact) mass is 432 g/mol. The fourth-order valence-corrected chi connectivity index (χ4v) is 3.81. The van der Waals surface area contributed by atoms with Crippen LogP contribution in [0.5, 0.6) is 0 Å². The van der Waals surface area contributed by atoms with E-state index < -0.39 is 5.82 Å². The number of nitrogens with zero attached hydrogens (tertiary/aromatic N) is 4. The molecule has 2 amide bonds. The van der Waals surface area contributed by atoms with Crippen LogP contribution in [0, 0.1) is 5.82 Å². The van der Waals surface area contributed by atoms with E-state index in [-0.39, 0.29) is 17.4 Å². The predicted molar refractivity (Wildman–Crippen MR) is 122 cm³/mol. The number of hydrogen-bond acceptors (Lipinski definition) is 4. The predicted octanol–water partition coefficient (Wildman–Crippen LogP) is 3.98. The van der Waals surface area contributed by atoms with E-state index in [2.05, 4.69) is 4.98 Å². The molecule has 4 rings (SSSR count). The molecule has 164 valence electrons. The standard InChI is InChI=1S/C25H25FN4O2/c1-28(20-8-3-2-4-9-20)23-13-12-19(18-27-23)24(31)29-14-7-15-30(17-16-29)25(32)21-10-5-6-11-22(21)26/h2-6,8-13,18H,7,14-17H2,1H3. The fraction of sp³-hybridized carbons (Fsp3) is 0.240. The van der Waals surface area contributed by atoms with E-state index in [0.29, 0.717) is 38.2 Å².